The molecule has 0 aliphatic carbocycles. The molecular formula is C48H29N3O. The fraction of sp³-hybridized carbons (Fsp3) is 0. The van der Waals surface area contributed by atoms with Crippen LogP contribution >= 0.6 is 0 Å². The van der Waals surface area contributed by atoms with Crippen LogP contribution in [0.1, 0.15) is 0 Å². The molecule has 0 spiro atoms. The van der Waals surface area contributed by atoms with Crippen LogP contribution < -0.4 is 0 Å². The lowest BCUT2D eigenvalue weighted by Crippen LogP contribution is -1.95. The SMILES string of the molecule is c1ccc(-c2nc(-c3cccc4oc5ccc(-c6ccc7c(c6)c6c8ccccc8ccc6n7-c6ccccc6)cc5c34)nc3ccccc23)cc1. The molecule has 11 aromatic rings. The van der Waals surface area contributed by atoms with Gasteiger partial charge in [0.15, 0.2) is 5.82 Å². The van der Waals surface area contributed by atoms with Crippen LogP contribution in [0, 0.1) is 0 Å². The van der Waals surface area contributed by atoms with Gasteiger partial charge in [-0.3, -0.25) is 0 Å². The zero-order valence-electron chi connectivity index (χ0n) is 28.0. The minimum absolute atomic E-state index is 0.679. The van der Waals surface area contributed by atoms with E-state index in [0.717, 1.165) is 66.5 Å². The van der Waals surface area contributed by atoms with E-state index in [1.54, 1.807) is 0 Å². The first-order valence-electron chi connectivity index (χ1n) is 17.6. The van der Waals surface area contributed by atoms with Crippen LogP contribution in [-0.2, 0) is 0 Å². The lowest BCUT2D eigenvalue weighted by molar-refractivity contribution is 0.669. The predicted molar refractivity (Wildman–Crippen MR) is 215 cm³/mol. The Balaban J connectivity index is 1.14. The molecule has 11 rings (SSSR count). The van der Waals surface area contributed by atoms with Crippen molar-refractivity contribution in [3.05, 3.63) is 176 Å². The van der Waals surface area contributed by atoms with Gasteiger partial charge in [-0.05, 0) is 76.5 Å². The standard InChI is InChI=1S/C48H29N3O/c1-3-13-31(14-4-1)47-36-18-9-10-20-40(36)49-48(50-47)37-19-11-21-44-46(37)39-29-33(24-27-43(39)52-44)32-23-25-41-38(28-32)45-35-17-8-7-12-30(35)22-26-42(45)51(41)34-15-5-2-6-16-34/h1-29H. The quantitative estimate of drug-likeness (QED) is 0.188. The third kappa shape index (κ3) is 4.34. The zero-order chi connectivity index (χ0) is 34.2. The van der Waals surface area contributed by atoms with Gasteiger partial charge in [-0.25, -0.2) is 9.97 Å². The summed E-state index contributed by atoms with van der Waals surface area (Å²) in [4.78, 5) is 10.3. The van der Waals surface area contributed by atoms with E-state index in [2.05, 4.69) is 150 Å². The maximum absolute atomic E-state index is 6.48. The van der Waals surface area contributed by atoms with E-state index >= 15 is 0 Å². The van der Waals surface area contributed by atoms with Gasteiger partial charge >= 0.3 is 0 Å². The van der Waals surface area contributed by atoms with E-state index in [-0.39, 0.29) is 0 Å². The summed E-state index contributed by atoms with van der Waals surface area (Å²) in [5.41, 5.74) is 11.3. The lowest BCUT2D eigenvalue weighted by Gasteiger charge is -2.10. The smallest absolute Gasteiger partial charge is 0.161 e. The van der Waals surface area contributed by atoms with Gasteiger partial charge in [-0.2, -0.15) is 0 Å². The van der Waals surface area contributed by atoms with Crippen molar-refractivity contribution in [2.24, 2.45) is 0 Å². The van der Waals surface area contributed by atoms with Gasteiger partial charge in [0.05, 0.1) is 22.2 Å². The highest BCUT2D eigenvalue weighted by Gasteiger charge is 2.19. The van der Waals surface area contributed by atoms with Crippen molar-refractivity contribution >= 4 is 65.4 Å². The van der Waals surface area contributed by atoms with Gasteiger partial charge in [0, 0.05) is 43.7 Å². The van der Waals surface area contributed by atoms with E-state index in [9.17, 15) is 0 Å². The van der Waals surface area contributed by atoms with Gasteiger partial charge in [-0.15, -0.1) is 0 Å². The molecule has 4 heteroatoms. The molecule has 0 aliphatic rings. The normalized spacial score (nSPS) is 11.8. The van der Waals surface area contributed by atoms with Crippen LogP contribution in [0.5, 0.6) is 0 Å². The van der Waals surface area contributed by atoms with Crippen molar-refractivity contribution < 1.29 is 4.42 Å². The zero-order valence-corrected chi connectivity index (χ0v) is 28.0. The number of rotatable bonds is 4. The molecule has 0 unspecified atom stereocenters. The Kier molecular flexibility index (Phi) is 6.22. The van der Waals surface area contributed by atoms with Gasteiger partial charge < -0.3 is 8.98 Å². The van der Waals surface area contributed by atoms with Crippen LogP contribution in [0.15, 0.2) is 180 Å². The van der Waals surface area contributed by atoms with Gasteiger partial charge in [0.2, 0.25) is 0 Å². The van der Waals surface area contributed by atoms with Gasteiger partial charge in [0.1, 0.15) is 11.2 Å². The summed E-state index contributed by atoms with van der Waals surface area (Å²) in [5, 5.41) is 8.06. The topological polar surface area (TPSA) is 43.9 Å². The first-order valence-corrected chi connectivity index (χ1v) is 17.6. The summed E-state index contributed by atoms with van der Waals surface area (Å²) in [5.74, 6) is 0.679. The molecular weight excluding hydrogens is 635 g/mol. The Hall–Kier alpha value is -7.04. The highest BCUT2D eigenvalue weighted by atomic mass is 16.3. The Morgan fingerprint density at radius 1 is 0.423 bits per heavy atom. The Morgan fingerprint density at radius 2 is 1.13 bits per heavy atom. The van der Waals surface area contributed by atoms with Gasteiger partial charge in [0.25, 0.3) is 0 Å². The fourth-order valence-electron chi connectivity index (χ4n) is 8.03. The maximum atomic E-state index is 6.48. The monoisotopic (exact) mass is 663 g/mol. The van der Waals surface area contributed by atoms with Crippen molar-refractivity contribution in [2.75, 3.05) is 0 Å². The average Bonchev–Trinajstić information content (AvgIpc) is 3.76. The molecule has 0 atom stereocenters. The third-order valence-electron chi connectivity index (χ3n) is 10.4. The van der Waals surface area contributed by atoms with Crippen molar-refractivity contribution in [1.82, 2.24) is 14.5 Å². The molecule has 4 nitrogen and oxygen atoms in total. The number of nitrogens with zero attached hydrogens (tertiary/aromatic N) is 3. The minimum Gasteiger partial charge on any atom is -0.456 e. The second-order valence-electron chi connectivity index (χ2n) is 13.4. The second-order valence-corrected chi connectivity index (χ2v) is 13.4. The molecule has 8 aromatic carbocycles. The molecule has 0 aliphatic heterocycles. The van der Waals surface area contributed by atoms with E-state index in [4.69, 9.17) is 14.4 Å². The van der Waals surface area contributed by atoms with E-state index in [1.807, 2.05) is 30.3 Å². The first kappa shape index (κ1) is 28.8. The van der Waals surface area contributed by atoms with Crippen LogP contribution in [0.4, 0.5) is 0 Å². The molecule has 52 heavy (non-hydrogen) atoms. The van der Waals surface area contributed by atoms with Crippen LogP contribution in [0.25, 0.3) is 105 Å². The number of hydrogen-bond donors (Lipinski definition) is 0. The molecule has 0 fully saturated rings. The van der Waals surface area contributed by atoms with Crippen molar-refractivity contribution in [3.63, 3.8) is 0 Å². The maximum Gasteiger partial charge on any atom is 0.161 e. The largest absolute Gasteiger partial charge is 0.456 e. The van der Waals surface area contributed by atoms with Crippen molar-refractivity contribution in [3.8, 4) is 39.5 Å². The molecule has 3 aromatic heterocycles. The summed E-state index contributed by atoms with van der Waals surface area (Å²) in [6.45, 7) is 0. The molecule has 0 saturated carbocycles. The second kappa shape index (κ2) is 11.2. The highest BCUT2D eigenvalue weighted by Crippen LogP contribution is 2.42. The Labute approximate surface area is 298 Å². The number of fused-ring (bicyclic) bond motifs is 9. The molecule has 0 saturated heterocycles. The average molecular weight is 664 g/mol. The highest BCUT2D eigenvalue weighted by molar-refractivity contribution is 6.22. The summed E-state index contributed by atoms with van der Waals surface area (Å²) < 4.78 is 8.86. The number of benzene rings is 8. The van der Waals surface area contributed by atoms with Crippen LogP contribution in [0.3, 0.4) is 0 Å². The summed E-state index contributed by atoms with van der Waals surface area (Å²) >= 11 is 0. The lowest BCUT2D eigenvalue weighted by atomic mass is 9.98. The van der Waals surface area contributed by atoms with E-state index < -0.39 is 0 Å². The molecule has 0 amide bonds. The molecule has 0 N–H and O–H groups in total. The van der Waals surface area contributed by atoms with E-state index in [1.165, 1.54) is 32.6 Å². The van der Waals surface area contributed by atoms with Crippen LogP contribution in [-0.4, -0.2) is 14.5 Å². The minimum atomic E-state index is 0.679. The van der Waals surface area contributed by atoms with Crippen LogP contribution in [0.2, 0.25) is 0 Å². The molecule has 242 valence electrons. The van der Waals surface area contributed by atoms with Crippen molar-refractivity contribution in [2.45, 2.75) is 0 Å². The molecule has 0 bridgehead atoms. The predicted octanol–water partition coefficient (Wildman–Crippen LogP) is 12.8. The fourth-order valence-corrected chi connectivity index (χ4v) is 8.03. The number of aromatic nitrogens is 3. The summed E-state index contributed by atoms with van der Waals surface area (Å²) in [6.07, 6.45) is 0. The van der Waals surface area contributed by atoms with Gasteiger partial charge in [-0.1, -0.05) is 121 Å². The molecule has 0 radical (unpaired) electrons. The number of hydrogen-bond acceptors (Lipinski definition) is 3. The number of furan rings is 1. The summed E-state index contributed by atoms with van der Waals surface area (Å²) in [6, 6.07) is 62.0. The Bertz CT molecular complexity index is 3180. The summed E-state index contributed by atoms with van der Waals surface area (Å²) in [7, 11) is 0. The Morgan fingerprint density at radius 3 is 2.00 bits per heavy atom. The van der Waals surface area contributed by atoms with E-state index in [0.29, 0.717) is 5.82 Å². The first-order chi connectivity index (χ1) is 25.8. The molecule has 3 heterocycles. The number of para-hydroxylation sites is 2. The van der Waals surface area contributed by atoms with Crippen molar-refractivity contribution in [1.29, 1.82) is 0 Å². The third-order valence-corrected chi connectivity index (χ3v) is 10.4.